The van der Waals surface area contributed by atoms with Crippen molar-refractivity contribution in [2.45, 2.75) is 13.0 Å². The van der Waals surface area contributed by atoms with E-state index in [9.17, 15) is 4.39 Å². The summed E-state index contributed by atoms with van der Waals surface area (Å²) in [4.78, 5) is 1.77. The third-order valence-corrected chi connectivity index (χ3v) is 2.64. The molecule has 1 rings (SSSR count). The lowest BCUT2D eigenvalue weighted by Gasteiger charge is -2.23. The maximum absolute atomic E-state index is 13.8. The van der Waals surface area contributed by atoms with E-state index in [0.717, 1.165) is 0 Å². The Hall–Kier alpha value is -1.49. The standard InChI is InChI=1S/C12H19FN2O2/c1-8(16-3)7-15(2)11-6-12(17-4)10(14)5-9(11)13/h5-6,8H,7,14H2,1-4H3. The maximum Gasteiger partial charge on any atom is 0.148 e. The van der Waals surface area contributed by atoms with Gasteiger partial charge in [-0.2, -0.15) is 0 Å². The zero-order valence-corrected chi connectivity index (χ0v) is 10.7. The number of hydrogen-bond donors (Lipinski definition) is 1. The average molecular weight is 242 g/mol. The van der Waals surface area contributed by atoms with Crippen LogP contribution in [-0.2, 0) is 4.74 Å². The Morgan fingerprint density at radius 3 is 2.59 bits per heavy atom. The number of benzene rings is 1. The van der Waals surface area contributed by atoms with Gasteiger partial charge in [0.25, 0.3) is 0 Å². The van der Waals surface area contributed by atoms with Crippen LogP contribution in [-0.4, -0.2) is 33.9 Å². The van der Waals surface area contributed by atoms with Crippen molar-refractivity contribution < 1.29 is 13.9 Å². The monoisotopic (exact) mass is 242 g/mol. The number of rotatable bonds is 5. The van der Waals surface area contributed by atoms with Crippen molar-refractivity contribution in [1.82, 2.24) is 0 Å². The summed E-state index contributed by atoms with van der Waals surface area (Å²) in [7, 11) is 4.92. The zero-order chi connectivity index (χ0) is 13.0. The normalized spacial score (nSPS) is 12.3. The van der Waals surface area contributed by atoms with E-state index < -0.39 is 0 Å². The van der Waals surface area contributed by atoms with Gasteiger partial charge in [-0.05, 0) is 6.92 Å². The average Bonchev–Trinajstić information content (AvgIpc) is 2.28. The number of nitrogen functional groups attached to an aromatic ring is 1. The summed E-state index contributed by atoms with van der Waals surface area (Å²) in [5, 5.41) is 0. The summed E-state index contributed by atoms with van der Waals surface area (Å²) in [6.45, 7) is 2.50. The van der Waals surface area contributed by atoms with Crippen LogP contribution < -0.4 is 15.4 Å². The molecule has 0 aliphatic carbocycles. The predicted octanol–water partition coefficient (Wildman–Crippen LogP) is 1.89. The summed E-state index contributed by atoms with van der Waals surface area (Å²) in [6.07, 6.45) is 0.0166. The van der Waals surface area contributed by atoms with Crippen LogP contribution in [0.5, 0.6) is 5.75 Å². The SMILES string of the molecule is COc1cc(N(C)CC(C)OC)c(F)cc1N. The molecule has 0 aromatic heterocycles. The Bertz CT molecular complexity index is 385. The Labute approximate surface area is 101 Å². The minimum Gasteiger partial charge on any atom is -0.495 e. The molecule has 2 N–H and O–H groups in total. The number of hydrogen-bond acceptors (Lipinski definition) is 4. The van der Waals surface area contributed by atoms with Gasteiger partial charge in [0, 0.05) is 32.8 Å². The number of nitrogens with two attached hydrogens (primary N) is 1. The molecule has 0 aliphatic heterocycles. The number of anilines is 2. The Morgan fingerprint density at radius 2 is 2.06 bits per heavy atom. The summed E-state index contributed by atoms with van der Waals surface area (Å²) in [6, 6.07) is 2.86. The third-order valence-electron chi connectivity index (χ3n) is 2.64. The highest BCUT2D eigenvalue weighted by atomic mass is 19.1. The molecule has 0 radical (unpaired) electrons. The van der Waals surface area contributed by atoms with E-state index in [0.29, 0.717) is 23.7 Å². The fourth-order valence-electron chi connectivity index (χ4n) is 1.59. The van der Waals surface area contributed by atoms with Gasteiger partial charge in [-0.15, -0.1) is 0 Å². The van der Waals surface area contributed by atoms with Gasteiger partial charge in [-0.25, -0.2) is 4.39 Å². The van der Waals surface area contributed by atoms with Crippen LogP contribution in [0.1, 0.15) is 6.92 Å². The minimum absolute atomic E-state index is 0.0166. The van der Waals surface area contributed by atoms with Crippen molar-refractivity contribution in [3.05, 3.63) is 17.9 Å². The highest BCUT2D eigenvalue weighted by Gasteiger charge is 2.14. The molecular weight excluding hydrogens is 223 g/mol. The van der Waals surface area contributed by atoms with Gasteiger partial charge in [0.1, 0.15) is 11.6 Å². The van der Waals surface area contributed by atoms with E-state index in [-0.39, 0.29) is 11.9 Å². The highest BCUT2D eigenvalue weighted by Crippen LogP contribution is 2.30. The van der Waals surface area contributed by atoms with Gasteiger partial charge in [0.15, 0.2) is 0 Å². The van der Waals surface area contributed by atoms with E-state index in [4.69, 9.17) is 15.2 Å². The summed E-state index contributed by atoms with van der Waals surface area (Å²) >= 11 is 0. The molecule has 0 aliphatic rings. The number of halogens is 1. The Kier molecular flexibility index (Phi) is 4.57. The molecule has 17 heavy (non-hydrogen) atoms. The number of methoxy groups -OCH3 is 2. The second kappa shape index (κ2) is 5.72. The van der Waals surface area contributed by atoms with Crippen LogP contribution in [0.2, 0.25) is 0 Å². The summed E-state index contributed by atoms with van der Waals surface area (Å²) in [5.74, 6) is 0.104. The molecule has 0 saturated heterocycles. The fraction of sp³-hybridized carbons (Fsp3) is 0.500. The predicted molar refractivity (Wildman–Crippen MR) is 67.1 cm³/mol. The number of nitrogens with zero attached hydrogens (tertiary/aromatic N) is 1. The molecule has 5 heteroatoms. The largest absolute Gasteiger partial charge is 0.495 e. The second-order valence-corrected chi connectivity index (χ2v) is 3.97. The van der Waals surface area contributed by atoms with Gasteiger partial charge >= 0.3 is 0 Å². The van der Waals surface area contributed by atoms with E-state index >= 15 is 0 Å². The molecule has 0 heterocycles. The second-order valence-electron chi connectivity index (χ2n) is 3.97. The molecule has 1 aromatic carbocycles. The van der Waals surface area contributed by atoms with Gasteiger partial charge in [0.05, 0.1) is 24.6 Å². The number of ether oxygens (including phenoxy) is 2. The van der Waals surface area contributed by atoms with E-state index in [1.54, 1.807) is 25.1 Å². The van der Waals surface area contributed by atoms with Crippen molar-refractivity contribution in [3.8, 4) is 5.75 Å². The highest BCUT2D eigenvalue weighted by molar-refractivity contribution is 5.63. The third kappa shape index (κ3) is 3.23. The zero-order valence-electron chi connectivity index (χ0n) is 10.7. The van der Waals surface area contributed by atoms with Gasteiger partial charge in [-0.3, -0.25) is 0 Å². The van der Waals surface area contributed by atoms with Crippen molar-refractivity contribution in [1.29, 1.82) is 0 Å². The lowest BCUT2D eigenvalue weighted by atomic mass is 10.2. The topological polar surface area (TPSA) is 47.7 Å². The van der Waals surface area contributed by atoms with Crippen molar-refractivity contribution in [3.63, 3.8) is 0 Å². The van der Waals surface area contributed by atoms with Gasteiger partial charge in [-0.1, -0.05) is 0 Å². The first kappa shape index (κ1) is 13.6. The van der Waals surface area contributed by atoms with E-state index in [1.807, 2.05) is 6.92 Å². The maximum atomic E-state index is 13.8. The molecule has 1 aromatic rings. The molecule has 0 spiro atoms. The first-order valence-electron chi connectivity index (χ1n) is 5.36. The van der Waals surface area contributed by atoms with Gasteiger partial charge in [0.2, 0.25) is 0 Å². The Morgan fingerprint density at radius 1 is 1.41 bits per heavy atom. The molecule has 0 saturated carbocycles. The van der Waals surface area contributed by atoms with Crippen molar-refractivity contribution in [2.75, 3.05) is 38.4 Å². The van der Waals surface area contributed by atoms with Crippen LogP contribution in [0.3, 0.4) is 0 Å². The lowest BCUT2D eigenvalue weighted by Crippen LogP contribution is -2.29. The smallest absolute Gasteiger partial charge is 0.148 e. The fourth-order valence-corrected chi connectivity index (χ4v) is 1.59. The van der Waals surface area contributed by atoms with Gasteiger partial charge < -0.3 is 20.1 Å². The van der Waals surface area contributed by atoms with E-state index in [2.05, 4.69) is 0 Å². The van der Waals surface area contributed by atoms with Crippen LogP contribution in [0, 0.1) is 5.82 Å². The molecule has 4 nitrogen and oxygen atoms in total. The molecular formula is C12H19FN2O2. The number of likely N-dealkylation sites (N-methyl/N-ethyl adjacent to an activating group) is 1. The van der Waals surface area contributed by atoms with E-state index in [1.165, 1.54) is 13.2 Å². The van der Waals surface area contributed by atoms with Crippen LogP contribution in [0.25, 0.3) is 0 Å². The molecule has 96 valence electrons. The van der Waals surface area contributed by atoms with Crippen LogP contribution in [0.15, 0.2) is 12.1 Å². The first-order valence-corrected chi connectivity index (χ1v) is 5.36. The molecule has 1 unspecified atom stereocenters. The first-order chi connectivity index (χ1) is 7.99. The molecule has 0 amide bonds. The lowest BCUT2D eigenvalue weighted by molar-refractivity contribution is 0.124. The quantitative estimate of drug-likeness (QED) is 0.801. The van der Waals surface area contributed by atoms with Crippen molar-refractivity contribution >= 4 is 11.4 Å². The van der Waals surface area contributed by atoms with Crippen molar-refractivity contribution in [2.24, 2.45) is 0 Å². The molecule has 0 bridgehead atoms. The minimum atomic E-state index is -0.367. The van der Waals surface area contributed by atoms with Crippen LogP contribution in [0.4, 0.5) is 15.8 Å². The summed E-state index contributed by atoms with van der Waals surface area (Å²) in [5.41, 5.74) is 6.36. The van der Waals surface area contributed by atoms with Crippen LogP contribution >= 0.6 is 0 Å². The molecule has 0 fully saturated rings. The summed E-state index contributed by atoms with van der Waals surface area (Å²) < 4.78 is 24.0. The molecule has 1 atom stereocenters. The Balaban J connectivity index is 2.96.